The molecule has 0 saturated carbocycles. The van der Waals surface area contributed by atoms with E-state index in [9.17, 15) is 29.1 Å². The summed E-state index contributed by atoms with van der Waals surface area (Å²) in [6.45, 7) is 3.98. The molecule has 11 nitrogen and oxygen atoms in total. The molecule has 154 valence electrons. The number of nitrogens with one attached hydrogen (secondary N) is 2. The van der Waals surface area contributed by atoms with E-state index >= 15 is 0 Å². The van der Waals surface area contributed by atoms with Crippen molar-refractivity contribution in [1.82, 2.24) is 15.5 Å². The van der Waals surface area contributed by atoms with Crippen molar-refractivity contribution < 1.29 is 34.2 Å². The third kappa shape index (κ3) is 10.4. The van der Waals surface area contributed by atoms with E-state index in [1.165, 1.54) is 0 Å². The molecule has 0 bridgehead atoms. The molecule has 0 unspecified atom stereocenters. The Kier molecular flexibility index (Phi) is 11.8. The summed E-state index contributed by atoms with van der Waals surface area (Å²) in [5, 5.41) is 21.6. The first-order chi connectivity index (χ1) is 12.6. The minimum absolute atomic E-state index is 0.0370. The van der Waals surface area contributed by atoms with Gasteiger partial charge in [-0.25, -0.2) is 0 Å². The molecule has 0 radical (unpaired) electrons. The Labute approximate surface area is 161 Å². The van der Waals surface area contributed by atoms with E-state index in [-0.39, 0.29) is 18.6 Å². The summed E-state index contributed by atoms with van der Waals surface area (Å²) in [6, 6.07) is -2.02. The number of carboxylic acid groups (broad SMARTS) is 2. The van der Waals surface area contributed by atoms with Gasteiger partial charge in [0.1, 0.15) is 18.6 Å². The lowest BCUT2D eigenvalue weighted by Crippen LogP contribution is -2.50. The molecule has 27 heavy (non-hydrogen) atoms. The second kappa shape index (κ2) is 12.9. The smallest absolute Gasteiger partial charge is 0.322 e. The van der Waals surface area contributed by atoms with Crippen LogP contribution in [-0.4, -0.2) is 81.6 Å². The largest absolute Gasteiger partial charge is 0.480 e. The Hall–Kier alpha value is -2.34. The van der Waals surface area contributed by atoms with Crippen LogP contribution in [0.3, 0.4) is 0 Å². The number of carboxylic acids is 2. The number of nitrogens with zero attached hydrogens (tertiary/aromatic N) is 1. The summed E-state index contributed by atoms with van der Waals surface area (Å²) in [5.74, 6) is -3.86. The first-order valence-electron chi connectivity index (χ1n) is 8.30. The zero-order valence-corrected chi connectivity index (χ0v) is 16.1. The molecule has 0 aromatic heterocycles. The number of aliphatic carboxylic acids is 2. The molecule has 12 heteroatoms. The molecule has 6 N–H and O–H groups in total. The van der Waals surface area contributed by atoms with E-state index in [1.54, 1.807) is 4.90 Å². The molecule has 0 fully saturated rings. The predicted octanol–water partition coefficient (Wildman–Crippen LogP) is -0.941. The molecule has 0 aliphatic rings. The minimum Gasteiger partial charge on any atom is -0.480 e. The molecule has 2 atom stereocenters. The molecule has 0 saturated heterocycles. The summed E-state index contributed by atoms with van der Waals surface area (Å²) in [7, 11) is 0. The van der Waals surface area contributed by atoms with Crippen LogP contribution in [0.1, 0.15) is 26.7 Å². The second-order valence-electron chi connectivity index (χ2n) is 5.48. The van der Waals surface area contributed by atoms with E-state index in [1.807, 2.05) is 13.8 Å². The lowest BCUT2D eigenvalue weighted by Gasteiger charge is -2.26. The second-order valence-corrected chi connectivity index (χ2v) is 6.50. The lowest BCUT2D eigenvalue weighted by atomic mass is 10.1. The van der Waals surface area contributed by atoms with Crippen molar-refractivity contribution in [3.8, 4) is 0 Å². The van der Waals surface area contributed by atoms with Gasteiger partial charge in [-0.05, 0) is 19.5 Å². The Morgan fingerprint density at radius 1 is 1.11 bits per heavy atom. The van der Waals surface area contributed by atoms with Gasteiger partial charge in [0.05, 0.1) is 0 Å². The average Bonchev–Trinajstić information content (AvgIpc) is 2.59. The molecule has 0 aromatic carbocycles. The summed E-state index contributed by atoms with van der Waals surface area (Å²) >= 11 is 0.599. The van der Waals surface area contributed by atoms with Crippen molar-refractivity contribution in [3.05, 3.63) is 0 Å². The number of thioether (sulfide) groups is 1. The Balaban J connectivity index is 4.85. The van der Waals surface area contributed by atoms with Gasteiger partial charge in [-0.3, -0.25) is 28.9 Å². The maximum atomic E-state index is 12.1. The highest BCUT2D eigenvalue weighted by molar-refractivity contribution is 8.13. The van der Waals surface area contributed by atoms with Crippen molar-refractivity contribution in [2.24, 2.45) is 5.73 Å². The molecule has 0 rings (SSSR count). The van der Waals surface area contributed by atoms with Crippen LogP contribution in [0.2, 0.25) is 0 Å². The summed E-state index contributed by atoms with van der Waals surface area (Å²) in [4.78, 5) is 58.6. The number of hydrogen-bond acceptors (Lipinski definition) is 7. The number of hydrogen-bond donors (Lipinski definition) is 5. The quantitative estimate of drug-likeness (QED) is 0.258. The topological polar surface area (TPSA) is 179 Å². The van der Waals surface area contributed by atoms with Gasteiger partial charge in [0.2, 0.25) is 11.8 Å². The Morgan fingerprint density at radius 2 is 1.70 bits per heavy atom. The summed E-state index contributed by atoms with van der Waals surface area (Å²) in [6.07, 6.45) is -0.118. The maximum absolute atomic E-state index is 12.1. The maximum Gasteiger partial charge on any atom is 0.322 e. The summed E-state index contributed by atoms with van der Waals surface area (Å²) < 4.78 is 0. The van der Waals surface area contributed by atoms with Gasteiger partial charge in [0.15, 0.2) is 0 Å². The highest BCUT2D eigenvalue weighted by atomic mass is 32.2. The minimum atomic E-state index is -1.26. The van der Waals surface area contributed by atoms with Crippen LogP contribution in [0.4, 0.5) is 4.79 Å². The van der Waals surface area contributed by atoms with Gasteiger partial charge in [0.25, 0.3) is 5.24 Å². The van der Waals surface area contributed by atoms with Crippen LogP contribution in [0, 0.1) is 0 Å². The zero-order valence-electron chi connectivity index (χ0n) is 15.3. The van der Waals surface area contributed by atoms with Crippen LogP contribution >= 0.6 is 11.8 Å². The van der Waals surface area contributed by atoms with E-state index in [0.717, 1.165) is 0 Å². The number of nitrogens with two attached hydrogens (primary N) is 1. The normalized spacial score (nSPS) is 12.9. The van der Waals surface area contributed by atoms with Gasteiger partial charge >= 0.3 is 11.9 Å². The first kappa shape index (κ1) is 24.7. The van der Waals surface area contributed by atoms with Gasteiger partial charge in [-0.2, -0.15) is 0 Å². The summed E-state index contributed by atoms with van der Waals surface area (Å²) in [5.41, 5.74) is 5.00. The highest BCUT2D eigenvalue weighted by Gasteiger charge is 2.26. The van der Waals surface area contributed by atoms with Gasteiger partial charge in [-0.15, -0.1) is 0 Å². The Morgan fingerprint density at radius 3 is 2.15 bits per heavy atom. The van der Waals surface area contributed by atoms with Crippen molar-refractivity contribution in [2.75, 3.05) is 25.4 Å². The number of likely N-dealkylation sites (N-methyl/N-ethyl adjacent to an activating group) is 1. The fourth-order valence-electron chi connectivity index (χ4n) is 2.30. The number of carbonyl (C=O) groups is 5. The van der Waals surface area contributed by atoms with E-state index in [2.05, 4.69) is 10.6 Å². The molecule has 0 aromatic rings. The van der Waals surface area contributed by atoms with Gasteiger partial charge < -0.3 is 26.6 Å². The van der Waals surface area contributed by atoms with E-state index < -0.39 is 47.6 Å². The molecular formula is C15H26N4O7S. The van der Waals surface area contributed by atoms with Crippen molar-refractivity contribution in [3.63, 3.8) is 0 Å². The van der Waals surface area contributed by atoms with Gasteiger partial charge in [-0.1, -0.05) is 25.6 Å². The monoisotopic (exact) mass is 406 g/mol. The average molecular weight is 406 g/mol. The predicted molar refractivity (Wildman–Crippen MR) is 98.2 cm³/mol. The highest BCUT2D eigenvalue weighted by Crippen LogP contribution is 2.09. The van der Waals surface area contributed by atoms with Gasteiger partial charge in [0, 0.05) is 12.2 Å². The molecule has 3 amide bonds. The van der Waals surface area contributed by atoms with E-state index in [0.29, 0.717) is 24.9 Å². The fraction of sp³-hybridized carbons (Fsp3) is 0.667. The first-order valence-corrected chi connectivity index (χ1v) is 9.28. The third-order valence-electron chi connectivity index (χ3n) is 3.64. The van der Waals surface area contributed by atoms with Crippen molar-refractivity contribution in [1.29, 1.82) is 0 Å². The van der Waals surface area contributed by atoms with Crippen molar-refractivity contribution in [2.45, 2.75) is 38.8 Å². The molecular weight excluding hydrogens is 380 g/mol. The molecule has 0 aliphatic heterocycles. The lowest BCUT2D eigenvalue weighted by molar-refractivity contribution is -0.143. The SMILES string of the molecule is CCN(CC)[C@@H](CCC(=O)N[C@@H](CSC(N)=O)C(=O)NCC(=O)O)C(=O)O. The van der Waals surface area contributed by atoms with Crippen LogP contribution in [-0.2, 0) is 19.2 Å². The molecule has 0 aliphatic carbocycles. The number of rotatable bonds is 13. The van der Waals surface area contributed by atoms with Crippen molar-refractivity contribution >= 4 is 40.8 Å². The Bertz CT molecular complexity index is 554. The standard InChI is InChI=1S/C15H26N4O7S/c1-3-19(4-2)10(14(24)25)5-6-11(20)18-9(8-27-15(16)26)13(23)17-7-12(21)22/h9-10H,3-8H2,1-2H3,(H2,16,26)(H,17,23)(H,18,20)(H,21,22)(H,24,25)/t9-,10-/m0/s1. The fourth-order valence-corrected chi connectivity index (χ4v) is 2.86. The number of amides is 3. The zero-order chi connectivity index (χ0) is 21.0. The molecule has 0 heterocycles. The van der Waals surface area contributed by atoms with E-state index in [4.69, 9.17) is 10.8 Å². The van der Waals surface area contributed by atoms with Crippen LogP contribution in [0.25, 0.3) is 0 Å². The number of primary amides is 1. The number of carbonyl (C=O) groups excluding carboxylic acids is 3. The molecule has 0 spiro atoms. The van der Waals surface area contributed by atoms with Crippen LogP contribution in [0.5, 0.6) is 0 Å². The van der Waals surface area contributed by atoms with Crippen LogP contribution in [0.15, 0.2) is 0 Å². The van der Waals surface area contributed by atoms with Crippen LogP contribution < -0.4 is 16.4 Å². The third-order valence-corrected chi connectivity index (χ3v) is 4.43.